The standard InChI is InChI=1S/C27H26Br2N4O3/c1-3-33(4-2)22-12-10-18(11-13-22)14-24(31-26(35)19-8-6-5-7-9-19)27(36)32-30-17-20-15-21(28)16-23(29)25(20)34/h5-17,34H,3-4H2,1-2H3,(H,31,35)(H,32,36)/b24-14-,30-17?. The van der Waals surface area contributed by atoms with Crippen LogP contribution in [0.3, 0.4) is 0 Å². The molecule has 0 heterocycles. The van der Waals surface area contributed by atoms with Gasteiger partial charge >= 0.3 is 0 Å². The van der Waals surface area contributed by atoms with Crippen molar-refractivity contribution < 1.29 is 14.7 Å². The van der Waals surface area contributed by atoms with Crippen molar-refractivity contribution >= 4 is 61.7 Å². The lowest BCUT2D eigenvalue weighted by Gasteiger charge is -2.21. The molecule has 186 valence electrons. The van der Waals surface area contributed by atoms with E-state index in [2.05, 4.69) is 66.5 Å². The second-order valence-corrected chi connectivity index (χ2v) is 9.44. The van der Waals surface area contributed by atoms with Crippen LogP contribution < -0.4 is 15.6 Å². The number of hydrogen-bond acceptors (Lipinski definition) is 5. The first-order valence-electron chi connectivity index (χ1n) is 11.3. The summed E-state index contributed by atoms with van der Waals surface area (Å²) in [4.78, 5) is 28.0. The molecule has 2 amide bonds. The largest absolute Gasteiger partial charge is 0.506 e. The van der Waals surface area contributed by atoms with Gasteiger partial charge in [0.1, 0.15) is 11.4 Å². The average molecular weight is 614 g/mol. The van der Waals surface area contributed by atoms with E-state index in [1.807, 2.05) is 30.3 Å². The lowest BCUT2D eigenvalue weighted by Crippen LogP contribution is -2.32. The topological polar surface area (TPSA) is 94.0 Å². The molecule has 0 aromatic heterocycles. The van der Waals surface area contributed by atoms with Crippen molar-refractivity contribution in [1.82, 2.24) is 10.7 Å². The molecule has 0 fully saturated rings. The van der Waals surface area contributed by atoms with E-state index in [4.69, 9.17) is 0 Å². The fraction of sp³-hybridized carbons (Fsp3) is 0.148. The SMILES string of the molecule is CCN(CC)c1ccc(/C=C(\NC(=O)c2ccccc2)C(=O)NN=Cc2cc(Br)cc(Br)c2O)cc1. The van der Waals surface area contributed by atoms with E-state index in [0.717, 1.165) is 28.8 Å². The van der Waals surface area contributed by atoms with Crippen LogP contribution in [0.25, 0.3) is 6.08 Å². The monoisotopic (exact) mass is 612 g/mol. The van der Waals surface area contributed by atoms with Crippen LogP contribution in [0.4, 0.5) is 5.69 Å². The summed E-state index contributed by atoms with van der Waals surface area (Å²) in [6, 6.07) is 19.7. The number of amides is 2. The molecule has 0 saturated carbocycles. The van der Waals surface area contributed by atoms with E-state index in [1.165, 1.54) is 6.21 Å². The first kappa shape index (κ1) is 27.2. The summed E-state index contributed by atoms with van der Waals surface area (Å²) >= 11 is 6.61. The summed E-state index contributed by atoms with van der Waals surface area (Å²) in [6.45, 7) is 5.95. The molecule has 0 aliphatic carbocycles. The quantitative estimate of drug-likeness (QED) is 0.164. The number of benzene rings is 3. The number of halogens is 2. The van der Waals surface area contributed by atoms with Crippen molar-refractivity contribution in [2.75, 3.05) is 18.0 Å². The van der Waals surface area contributed by atoms with Crippen LogP contribution in [0.1, 0.15) is 35.3 Å². The number of nitrogens with one attached hydrogen (secondary N) is 2. The Morgan fingerprint density at radius 1 is 1.00 bits per heavy atom. The van der Waals surface area contributed by atoms with Gasteiger partial charge in [0, 0.05) is 34.4 Å². The van der Waals surface area contributed by atoms with E-state index in [1.54, 1.807) is 42.5 Å². The second kappa shape index (κ2) is 13.0. The fourth-order valence-electron chi connectivity index (χ4n) is 3.38. The number of carbonyl (C=O) groups excluding carboxylic acids is 2. The molecule has 0 aliphatic heterocycles. The number of anilines is 1. The van der Waals surface area contributed by atoms with Crippen molar-refractivity contribution in [2.24, 2.45) is 5.10 Å². The van der Waals surface area contributed by atoms with Crippen LogP contribution in [0, 0.1) is 0 Å². The van der Waals surface area contributed by atoms with Crippen LogP contribution in [-0.2, 0) is 4.79 Å². The van der Waals surface area contributed by atoms with Gasteiger partial charge in [0.25, 0.3) is 11.8 Å². The van der Waals surface area contributed by atoms with Gasteiger partial charge < -0.3 is 15.3 Å². The maximum atomic E-state index is 13.0. The third-order valence-corrected chi connectivity index (χ3v) is 6.35. The Hall–Kier alpha value is -3.43. The molecule has 0 bridgehead atoms. The van der Waals surface area contributed by atoms with Gasteiger partial charge in [-0.25, -0.2) is 5.43 Å². The number of rotatable bonds is 9. The van der Waals surface area contributed by atoms with Gasteiger partial charge in [-0.1, -0.05) is 46.3 Å². The molecule has 3 N–H and O–H groups in total. The van der Waals surface area contributed by atoms with Crippen LogP contribution >= 0.6 is 31.9 Å². The van der Waals surface area contributed by atoms with E-state index in [-0.39, 0.29) is 11.4 Å². The number of carbonyl (C=O) groups is 2. The first-order valence-corrected chi connectivity index (χ1v) is 12.9. The predicted octanol–water partition coefficient (Wildman–Crippen LogP) is 5.68. The van der Waals surface area contributed by atoms with E-state index >= 15 is 0 Å². The van der Waals surface area contributed by atoms with Crippen LogP contribution in [-0.4, -0.2) is 36.2 Å². The number of hydrogen-bond donors (Lipinski definition) is 3. The Morgan fingerprint density at radius 2 is 1.67 bits per heavy atom. The van der Waals surface area contributed by atoms with Gasteiger partial charge in [0.2, 0.25) is 0 Å². The highest BCUT2D eigenvalue weighted by Crippen LogP contribution is 2.30. The number of hydrazone groups is 1. The summed E-state index contributed by atoms with van der Waals surface area (Å²) < 4.78 is 1.21. The maximum absolute atomic E-state index is 13.0. The molecule has 7 nitrogen and oxygen atoms in total. The molecule has 36 heavy (non-hydrogen) atoms. The number of phenolic OH excluding ortho intramolecular Hbond substituents is 1. The fourth-order valence-corrected chi connectivity index (χ4v) is 4.64. The Kier molecular flexibility index (Phi) is 9.84. The van der Waals surface area contributed by atoms with Crippen molar-refractivity contribution in [1.29, 1.82) is 0 Å². The number of nitrogens with zero attached hydrogens (tertiary/aromatic N) is 2. The van der Waals surface area contributed by atoms with Crippen LogP contribution in [0.2, 0.25) is 0 Å². The first-order chi connectivity index (χ1) is 17.3. The number of aromatic hydroxyl groups is 1. The van der Waals surface area contributed by atoms with E-state index in [0.29, 0.717) is 15.6 Å². The van der Waals surface area contributed by atoms with Gasteiger partial charge in [-0.3, -0.25) is 9.59 Å². The van der Waals surface area contributed by atoms with Gasteiger partial charge in [0.05, 0.1) is 10.7 Å². The molecule has 0 saturated heterocycles. The predicted molar refractivity (Wildman–Crippen MR) is 151 cm³/mol. The van der Waals surface area contributed by atoms with Crippen molar-refractivity contribution in [3.05, 3.63) is 98.1 Å². The van der Waals surface area contributed by atoms with Crippen molar-refractivity contribution in [3.8, 4) is 5.75 Å². The summed E-state index contributed by atoms with van der Waals surface area (Å²) in [5.41, 5.74) is 5.06. The molecule has 3 aromatic carbocycles. The summed E-state index contributed by atoms with van der Waals surface area (Å²) in [5, 5.41) is 16.8. The van der Waals surface area contributed by atoms with Gasteiger partial charge in [0.15, 0.2) is 0 Å². The van der Waals surface area contributed by atoms with Crippen molar-refractivity contribution in [3.63, 3.8) is 0 Å². The molecular weight excluding hydrogens is 588 g/mol. The third kappa shape index (κ3) is 7.29. The normalized spacial score (nSPS) is 11.4. The molecule has 0 radical (unpaired) electrons. The Labute approximate surface area is 227 Å². The highest BCUT2D eigenvalue weighted by molar-refractivity contribution is 9.11. The third-order valence-electron chi connectivity index (χ3n) is 5.29. The van der Waals surface area contributed by atoms with E-state index < -0.39 is 11.8 Å². The lowest BCUT2D eigenvalue weighted by atomic mass is 10.1. The molecule has 0 spiro atoms. The zero-order valence-corrected chi connectivity index (χ0v) is 23.0. The van der Waals surface area contributed by atoms with E-state index in [9.17, 15) is 14.7 Å². The molecule has 9 heteroatoms. The Morgan fingerprint density at radius 3 is 2.31 bits per heavy atom. The lowest BCUT2D eigenvalue weighted by molar-refractivity contribution is -0.117. The van der Waals surface area contributed by atoms with Crippen LogP contribution in [0.15, 0.2) is 86.5 Å². The molecule has 3 rings (SSSR count). The molecular formula is C27H26Br2N4O3. The summed E-state index contributed by atoms with van der Waals surface area (Å²) in [5.74, 6) is -1.05. The minimum atomic E-state index is -0.614. The highest BCUT2D eigenvalue weighted by atomic mass is 79.9. The molecule has 0 aliphatic rings. The minimum absolute atomic E-state index is 0.0161. The van der Waals surface area contributed by atoms with Crippen LogP contribution in [0.5, 0.6) is 5.75 Å². The Bertz CT molecular complexity index is 1270. The molecule has 3 aromatic rings. The zero-order valence-electron chi connectivity index (χ0n) is 19.8. The van der Waals surface area contributed by atoms with Gasteiger partial charge in [-0.15, -0.1) is 0 Å². The highest BCUT2D eigenvalue weighted by Gasteiger charge is 2.15. The average Bonchev–Trinajstić information content (AvgIpc) is 2.88. The van der Waals surface area contributed by atoms with Gasteiger partial charge in [-0.05, 0) is 77.8 Å². The van der Waals surface area contributed by atoms with Gasteiger partial charge in [-0.2, -0.15) is 5.10 Å². The second-order valence-electron chi connectivity index (χ2n) is 7.67. The summed E-state index contributed by atoms with van der Waals surface area (Å²) in [7, 11) is 0. The number of phenols is 1. The van der Waals surface area contributed by atoms with Crippen molar-refractivity contribution in [2.45, 2.75) is 13.8 Å². The Balaban J connectivity index is 1.85. The molecule has 0 atom stereocenters. The summed E-state index contributed by atoms with van der Waals surface area (Å²) in [6.07, 6.45) is 2.91. The molecule has 0 unspecified atom stereocenters. The smallest absolute Gasteiger partial charge is 0.287 e. The zero-order chi connectivity index (χ0) is 26.1. The minimum Gasteiger partial charge on any atom is -0.506 e. The maximum Gasteiger partial charge on any atom is 0.287 e.